The quantitative estimate of drug-likeness (QED) is 0.807. The smallest absolute Gasteiger partial charge is 0.0991 e. The molecule has 0 fully saturated rings. The zero-order chi connectivity index (χ0) is 15.2. The summed E-state index contributed by atoms with van der Waals surface area (Å²) in [6.45, 7) is 6.65. The molecule has 0 radical (unpaired) electrons. The van der Waals surface area contributed by atoms with Crippen LogP contribution in [0.2, 0.25) is 0 Å². The van der Waals surface area contributed by atoms with Gasteiger partial charge in [-0.3, -0.25) is 4.98 Å². The van der Waals surface area contributed by atoms with Crippen LogP contribution in [0.3, 0.4) is 0 Å². The first-order valence-electron chi connectivity index (χ1n) is 7.53. The summed E-state index contributed by atoms with van der Waals surface area (Å²) in [5.74, 6) is 0.966. The summed E-state index contributed by atoms with van der Waals surface area (Å²) in [5.41, 5.74) is 4.48. The molecule has 2 rings (SSSR count). The molecule has 0 aliphatic rings. The highest BCUT2D eigenvalue weighted by Gasteiger charge is 2.12. The van der Waals surface area contributed by atoms with Gasteiger partial charge in [0.05, 0.1) is 11.6 Å². The van der Waals surface area contributed by atoms with Crippen LogP contribution in [0.1, 0.15) is 49.1 Å². The van der Waals surface area contributed by atoms with E-state index in [0.717, 1.165) is 24.1 Å². The predicted octanol–water partition coefficient (Wildman–Crippen LogP) is 4.50. The number of hydrogen-bond acceptors (Lipinski definition) is 2. The molecular formula is C19H22N2. The molecule has 1 heterocycles. The third kappa shape index (κ3) is 4.16. The molecule has 2 heteroatoms. The van der Waals surface area contributed by atoms with Crippen molar-refractivity contribution in [3.05, 3.63) is 65.0 Å². The lowest BCUT2D eigenvalue weighted by Crippen LogP contribution is -2.06. The molecule has 1 unspecified atom stereocenters. The molecule has 21 heavy (non-hydrogen) atoms. The van der Waals surface area contributed by atoms with Gasteiger partial charge in [0.25, 0.3) is 0 Å². The van der Waals surface area contributed by atoms with E-state index in [-0.39, 0.29) is 0 Å². The van der Waals surface area contributed by atoms with Crippen molar-refractivity contribution in [2.45, 2.75) is 39.5 Å². The fraction of sp³-hybridized carbons (Fsp3) is 0.368. The minimum atomic E-state index is 0.353. The number of pyridine rings is 1. The Labute approximate surface area is 127 Å². The van der Waals surface area contributed by atoms with Gasteiger partial charge >= 0.3 is 0 Å². The lowest BCUT2D eigenvalue weighted by atomic mass is 9.90. The normalized spacial score (nSPS) is 12.1. The first-order chi connectivity index (χ1) is 10.1. The van der Waals surface area contributed by atoms with E-state index >= 15 is 0 Å². The highest BCUT2D eigenvalue weighted by Crippen LogP contribution is 2.23. The Kier molecular flexibility index (Phi) is 5.11. The van der Waals surface area contributed by atoms with Gasteiger partial charge in [-0.1, -0.05) is 32.9 Å². The van der Waals surface area contributed by atoms with E-state index in [9.17, 15) is 0 Å². The SMILES string of the molecule is CC(C)Cc1ccc(C#N)cc1CC(C)c1ccccn1. The van der Waals surface area contributed by atoms with Gasteiger partial charge in [0.2, 0.25) is 0 Å². The van der Waals surface area contributed by atoms with Gasteiger partial charge in [-0.25, -0.2) is 0 Å². The van der Waals surface area contributed by atoms with Gasteiger partial charge in [-0.15, -0.1) is 0 Å². The van der Waals surface area contributed by atoms with Crippen LogP contribution in [0.5, 0.6) is 0 Å². The summed E-state index contributed by atoms with van der Waals surface area (Å²) < 4.78 is 0. The van der Waals surface area contributed by atoms with E-state index in [1.165, 1.54) is 11.1 Å². The van der Waals surface area contributed by atoms with Gasteiger partial charge < -0.3 is 0 Å². The maximum atomic E-state index is 9.12. The molecule has 0 aliphatic heterocycles. The number of nitrogens with zero attached hydrogens (tertiary/aromatic N) is 2. The molecule has 1 atom stereocenters. The van der Waals surface area contributed by atoms with Crippen molar-refractivity contribution >= 4 is 0 Å². The summed E-state index contributed by atoms with van der Waals surface area (Å²) in [7, 11) is 0. The van der Waals surface area contributed by atoms with Crippen LogP contribution in [0, 0.1) is 17.2 Å². The van der Waals surface area contributed by atoms with Gasteiger partial charge in [0.1, 0.15) is 0 Å². The van der Waals surface area contributed by atoms with Crippen LogP contribution >= 0.6 is 0 Å². The third-order valence-electron chi connectivity index (χ3n) is 3.68. The van der Waals surface area contributed by atoms with Crippen LogP contribution in [0.4, 0.5) is 0 Å². The lowest BCUT2D eigenvalue weighted by molar-refractivity contribution is 0.636. The Hall–Kier alpha value is -2.14. The highest BCUT2D eigenvalue weighted by molar-refractivity contribution is 5.39. The van der Waals surface area contributed by atoms with E-state index < -0.39 is 0 Å². The van der Waals surface area contributed by atoms with Gasteiger partial charge in [-0.2, -0.15) is 5.26 Å². The van der Waals surface area contributed by atoms with E-state index in [1.54, 1.807) is 0 Å². The number of hydrogen-bond donors (Lipinski definition) is 0. The molecule has 108 valence electrons. The van der Waals surface area contributed by atoms with Crippen molar-refractivity contribution in [3.8, 4) is 6.07 Å². The number of nitriles is 1. The highest BCUT2D eigenvalue weighted by atomic mass is 14.7. The second kappa shape index (κ2) is 7.04. The van der Waals surface area contributed by atoms with Gasteiger partial charge in [0.15, 0.2) is 0 Å². The summed E-state index contributed by atoms with van der Waals surface area (Å²) in [6.07, 6.45) is 3.82. The largest absolute Gasteiger partial charge is 0.261 e. The Balaban J connectivity index is 2.26. The zero-order valence-corrected chi connectivity index (χ0v) is 13.0. The molecule has 2 nitrogen and oxygen atoms in total. The summed E-state index contributed by atoms with van der Waals surface area (Å²) in [4.78, 5) is 4.44. The standard InChI is InChI=1S/C19H22N2/c1-14(2)10-17-8-7-16(13-20)12-18(17)11-15(3)19-6-4-5-9-21-19/h4-9,12,14-15H,10-11H2,1-3H3. The molecule has 0 saturated heterocycles. The number of rotatable bonds is 5. The fourth-order valence-electron chi connectivity index (χ4n) is 2.63. The Morgan fingerprint density at radius 3 is 2.48 bits per heavy atom. The molecule has 0 bridgehead atoms. The fourth-order valence-corrected chi connectivity index (χ4v) is 2.63. The third-order valence-corrected chi connectivity index (χ3v) is 3.68. The van der Waals surface area contributed by atoms with Crippen molar-refractivity contribution in [2.75, 3.05) is 0 Å². The van der Waals surface area contributed by atoms with Crippen LogP contribution in [-0.4, -0.2) is 4.98 Å². The van der Waals surface area contributed by atoms with Crippen molar-refractivity contribution < 1.29 is 0 Å². The van der Waals surface area contributed by atoms with Crippen molar-refractivity contribution in [1.82, 2.24) is 4.98 Å². The average Bonchev–Trinajstić information content (AvgIpc) is 2.49. The van der Waals surface area contributed by atoms with E-state index in [2.05, 4.69) is 44.0 Å². The second-order valence-electron chi connectivity index (χ2n) is 6.05. The lowest BCUT2D eigenvalue weighted by Gasteiger charge is -2.16. The second-order valence-corrected chi connectivity index (χ2v) is 6.05. The topological polar surface area (TPSA) is 36.7 Å². The van der Waals surface area contributed by atoms with E-state index in [0.29, 0.717) is 11.8 Å². The molecule has 0 amide bonds. The molecule has 2 aromatic rings. The van der Waals surface area contributed by atoms with Crippen LogP contribution in [-0.2, 0) is 12.8 Å². The molecule has 0 saturated carbocycles. The average molecular weight is 278 g/mol. The first kappa shape index (κ1) is 15.3. The number of aromatic nitrogens is 1. The van der Waals surface area contributed by atoms with Crippen LogP contribution < -0.4 is 0 Å². The van der Waals surface area contributed by atoms with Crippen LogP contribution in [0.25, 0.3) is 0 Å². The Morgan fingerprint density at radius 1 is 1.05 bits per heavy atom. The van der Waals surface area contributed by atoms with Gasteiger partial charge in [-0.05, 0) is 54.2 Å². The molecule has 1 aromatic carbocycles. The predicted molar refractivity (Wildman–Crippen MR) is 86.1 cm³/mol. The molecule has 0 N–H and O–H groups in total. The van der Waals surface area contributed by atoms with Crippen molar-refractivity contribution in [2.24, 2.45) is 5.92 Å². The summed E-state index contributed by atoms with van der Waals surface area (Å²) in [6, 6.07) is 14.4. The summed E-state index contributed by atoms with van der Waals surface area (Å²) >= 11 is 0. The van der Waals surface area contributed by atoms with E-state index in [1.807, 2.05) is 30.5 Å². The Morgan fingerprint density at radius 2 is 1.86 bits per heavy atom. The van der Waals surface area contributed by atoms with Crippen LogP contribution in [0.15, 0.2) is 42.6 Å². The minimum Gasteiger partial charge on any atom is -0.261 e. The molecule has 0 spiro atoms. The summed E-state index contributed by atoms with van der Waals surface area (Å²) in [5, 5.41) is 9.12. The van der Waals surface area contributed by atoms with Gasteiger partial charge in [0, 0.05) is 17.8 Å². The minimum absolute atomic E-state index is 0.353. The molecular weight excluding hydrogens is 256 g/mol. The number of benzene rings is 1. The molecule has 0 aliphatic carbocycles. The monoisotopic (exact) mass is 278 g/mol. The maximum Gasteiger partial charge on any atom is 0.0991 e. The Bertz CT molecular complexity index is 624. The van der Waals surface area contributed by atoms with E-state index in [4.69, 9.17) is 5.26 Å². The molecule has 1 aromatic heterocycles. The van der Waals surface area contributed by atoms with Crippen molar-refractivity contribution in [3.63, 3.8) is 0 Å². The zero-order valence-electron chi connectivity index (χ0n) is 13.0. The van der Waals surface area contributed by atoms with Crippen molar-refractivity contribution in [1.29, 1.82) is 5.26 Å². The maximum absolute atomic E-state index is 9.12. The first-order valence-corrected chi connectivity index (χ1v) is 7.53.